The predicted octanol–water partition coefficient (Wildman–Crippen LogP) is 2.60. The molecule has 1 rings (SSSR count). The van der Waals surface area contributed by atoms with Crippen molar-refractivity contribution >= 4 is 0 Å². The molecule has 0 aromatic carbocycles. The lowest BCUT2D eigenvalue weighted by Crippen LogP contribution is -2.40. The first-order chi connectivity index (χ1) is 6.94. The molecule has 0 radical (unpaired) electrons. The van der Waals surface area contributed by atoms with Crippen LogP contribution in [0.3, 0.4) is 0 Å². The third-order valence-corrected chi connectivity index (χ3v) is 3.19. The lowest BCUT2D eigenvalue weighted by atomic mass is 9.93. The lowest BCUT2D eigenvalue weighted by molar-refractivity contribution is -0.136. The zero-order valence-electron chi connectivity index (χ0n) is 8.98. The third kappa shape index (κ3) is 4.84. The van der Waals surface area contributed by atoms with Gasteiger partial charge in [-0.3, -0.25) is 11.3 Å². The molecule has 90 valence electrons. The van der Waals surface area contributed by atoms with Crippen LogP contribution in [0, 0.1) is 11.8 Å². The molecule has 1 aliphatic rings. The van der Waals surface area contributed by atoms with Gasteiger partial charge in [-0.15, -0.1) is 0 Å². The van der Waals surface area contributed by atoms with Gasteiger partial charge in [0.25, 0.3) is 0 Å². The first-order valence-electron chi connectivity index (χ1n) is 5.47. The molecule has 0 heterocycles. The quantitative estimate of drug-likeness (QED) is 0.537. The SMILES string of the molecule is CC(C1CC1)C(CCCC(F)(F)F)NN. The molecule has 2 atom stereocenters. The minimum absolute atomic E-state index is 0.0276. The number of hydrogen-bond donors (Lipinski definition) is 2. The van der Waals surface area contributed by atoms with Crippen molar-refractivity contribution in [3.05, 3.63) is 0 Å². The normalized spacial score (nSPS) is 21.4. The zero-order valence-corrected chi connectivity index (χ0v) is 8.98. The zero-order chi connectivity index (χ0) is 11.5. The molecule has 1 fully saturated rings. The Kier molecular flexibility index (Phi) is 4.40. The van der Waals surface area contributed by atoms with Gasteiger partial charge in [0.1, 0.15) is 0 Å². The van der Waals surface area contributed by atoms with E-state index in [4.69, 9.17) is 5.84 Å². The number of hydrogen-bond acceptors (Lipinski definition) is 2. The summed E-state index contributed by atoms with van der Waals surface area (Å²) >= 11 is 0. The van der Waals surface area contributed by atoms with E-state index in [0.29, 0.717) is 18.3 Å². The number of alkyl halides is 3. The van der Waals surface area contributed by atoms with E-state index in [1.165, 1.54) is 12.8 Å². The molecule has 1 saturated carbocycles. The Balaban J connectivity index is 2.21. The number of nitrogens with two attached hydrogens (primary N) is 1. The van der Waals surface area contributed by atoms with Crippen LogP contribution in [-0.4, -0.2) is 12.2 Å². The van der Waals surface area contributed by atoms with Gasteiger partial charge in [0.2, 0.25) is 0 Å². The predicted molar refractivity (Wildman–Crippen MR) is 52.9 cm³/mol. The molecule has 0 saturated heterocycles. The second-order valence-electron chi connectivity index (χ2n) is 4.48. The molecule has 3 N–H and O–H groups in total. The summed E-state index contributed by atoms with van der Waals surface area (Å²) in [4.78, 5) is 0. The molecule has 1 aliphatic carbocycles. The highest BCUT2D eigenvalue weighted by molar-refractivity contribution is 4.85. The molecule has 0 bridgehead atoms. The second kappa shape index (κ2) is 5.16. The molecule has 2 nitrogen and oxygen atoms in total. The van der Waals surface area contributed by atoms with Gasteiger partial charge in [0, 0.05) is 12.5 Å². The first kappa shape index (κ1) is 12.8. The Morgan fingerprint density at radius 3 is 2.40 bits per heavy atom. The molecule has 5 heteroatoms. The molecular weight excluding hydrogens is 205 g/mol. The molecule has 15 heavy (non-hydrogen) atoms. The highest BCUT2D eigenvalue weighted by atomic mass is 19.4. The Morgan fingerprint density at radius 1 is 1.40 bits per heavy atom. The molecule has 0 aliphatic heterocycles. The Bertz CT molecular complexity index is 190. The van der Waals surface area contributed by atoms with Gasteiger partial charge >= 0.3 is 6.18 Å². The summed E-state index contributed by atoms with van der Waals surface area (Å²) in [6, 6.07) is 0.0276. The fourth-order valence-electron chi connectivity index (χ4n) is 1.97. The Labute approximate surface area is 88.4 Å². The number of rotatable bonds is 6. The third-order valence-electron chi connectivity index (χ3n) is 3.19. The maximum atomic E-state index is 11.9. The maximum Gasteiger partial charge on any atom is 0.389 e. The standard InChI is InChI=1S/C10H19F3N2/c1-7(8-4-5-8)9(15-14)3-2-6-10(11,12)13/h7-9,15H,2-6,14H2,1H3. The smallest absolute Gasteiger partial charge is 0.271 e. The van der Waals surface area contributed by atoms with Crippen molar-refractivity contribution in [2.75, 3.05) is 0 Å². The summed E-state index contributed by atoms with van der Waals surface area (Å²) in [5.74, 6) is 6.41. The van der Waals surface area contributed by atoms with Gasteiger partial charge in [-0.25, -0.2) is 0 Å². The van der Waals surface area contributed by atoms with Crippen molar-refractivity contribution in [3.63, 3.8) is 0 Å². The summed E-state index contributed by atoms with van der Waals surface area (Å²) in [5.41, 5.74) is 2.64. The molecule has 0 aromatic heterocycles. The van der Waals surface area contributed by atoms with Crippen molar-refractivity contribution in [3.8, 4) is 0 Å². The fourth-order valence-corrected chi connectivity index (χ4v) is 1.97. The highest BCUT2D eigenvalue weighted by Crippen LogP contribution is 2.39. The van der Waals surface area contributed by atoms with E-state index in [9.17, 15) is 13.2 Å². The van der Waals surface area contributed by atoms with Crippen molar-refractivity contribution in [1.29, 1.82) is 0 Å². The molecule has 0 aromatic rings. The fraction of sp³-hybridized carbons (Fsp3) is 1.00. The number of halogens is 3. The van der Waals surface area contributed by atoms with Gasteiger partial charge in [-0.2, -0.15) is 13.2 Å². The minimum Gasteiger partial charge on any atom is -0.271 e. The van der Waals surface area contributed by atoms with E-state index in [1.54, 1.807) is 0 Å². The maximum absolute atomic E-state index is 11.9. The topological polar surface area (TPSA) is 38.0 Å². The molecular formula is C10H19F3N2. The van der Waals surface area contributed by atoms with Crippen LogP contribution in [0.4, 0.5) is 13.2 Å². The van der Waals surface area contributed by atoms with Crippen LogP contribution in [0.15, 0.2) is 0 Å². The minimum atomic E-state index is -4.04. The van der Waals surface area contributed by atoms with Crippen molar-refractivity contribution < 1.29 is 13.2 Å². The van der Waals surface area contributed by atoms with E-state index in [0.717, 1.165) is 0 Å². The van der Waals surface area contributed by atoms with Crippen molar-refractivity contribution in [2.24, 2.45) is 17.7 Å². The summed E-state index contributed by atoms with van der Waals surface area (Å²) in [6.07, 6.45) is -1.69. The van der Waals surface area contributed by atoms with Crippen LogP contribution in [0.25, 0.3) is 0 Å². The van der Waals surface area contributed by atoms with E-state index < -0.39 is 12.6 Å². The number of nitrogens with one attached hydrogen (secondary N) is 1. The van der Waals surface area contributed by atoms with E-state index in [2.05, 4.69) is 12.3 Å². The second-order valence-corrected chi connectivity index (χ2v) is 4.48. The van der Waals surface area contributed by atoms with Crippen LogP contribution in [-0.2, 0) is 0 Å². The summed E-state index contributed by atoms with van der Waals surface area (Å²) in [6.45, 7) is 2.07. The Hall–Kier alpha value is -0.290. The average Bonchev–Trinajstić information content (AvgIpc) is 2.92. The van der Waals surface area contributed by atoms with Gasteiger partial charge < -0.3 is 0 Å². The van der Waals surface area contributed by atoms with E-state index in [1.807, 2.05) is 0 Å². The van der Waals surface area contributed by atoms with Crippen LogP contribution in [0.2, 0.25) is 0 Å². The summed E-state index contributed by atoms with van der Waals surface area (Å²) in [7, 11) is 0. The van der Waals surface area contributed by atoms with Crippen LogP contribution >= 0.6 is 0 Å². The number of hydrazine groups is 1. The highest BCUT2D eigenvalue weighted by Gasteiger charge is 2.33. The summed E-state index contributed by atoms with van der Waals surface area (Å²) in [5, 5.41) is 0. The van der Waals surface area contributed by atoms with Gasteiger partial charge in [0.05, 0.1) is 0 Å². The monoisotopic (exact) mass is 224 g/mol. The summed E-state index contributed by atoms with van der Waals surface area (Å²) < 4.78 is 35.8. The average molecular weight is 224 g/mol. The molecule has 0 amide bonds. The van der Waals surface area contributed by atoms with Crippen LogP contribution in [0.1, 0.15) is 39.0 Å². The Morgan fingerprint density at radius 2 is 2.00 bits per heavy atom. The van der Waals surface area contributed by atoms with Crippen molar-refractivity contribution in [2.45, 2.75) is 51.2 Å². The molecule has 2 unspecified atom stereocenters. The largest absolute Gasteiger partial charge is 0.389 e. The lowest BCUT2D eigenvalue weighted by Gasteiger charge is -2.23. The van der Waals surface area contributed by atoms with Gasteiger partial charge in [-0.05, 0) is 37.5 Å². The van der Waals surface area contributed by atoms with Crippen molar-refractivity contribution in [1.82, 2.24) is 5.43 Å². The van der Waals surface area contributed by atoms with Gasteiger partial charge in [-0.1, -0.05) is 6.92 Å². The van der Waals surface area contributed by atoms with Gasteiger partial charge in [0.15, 0.2) is 0 Å². The van der Waals surface area contributed by atoms with Crippen LogP contribution in [0.5, 0.6) is 0 Å². The van der Waals surface area contributed by atoms with E-state index in [-0.39, 0.29) is 12.5 Å². The van der Waals surface area contributed by atoms with E-state index >= 15 is 0 Å². The van der Waals surface area contributed by atoms with Crippen LogP contribution < -0.4 is 11.3 Å². The first-order valence-corrected chi connectivity index (χ1v) is 5.47. The molecule has 0 spiro atoms.